The highest BCUT2D eigenvalue weighted by Gasteiger charge is 2.25. The van der Waals surface area contributed by atoms with Gasteiger partial charge in [0.15, 0.2) is 0 Å². The Morgan fingerprint density at radius 3 is 2.09 bits per heavy atom. The third-order valence-electron chi connectivity index (χ3n) is 5.03. The zero-order chi connectivity index (χ0) is 23.3. The van der Waals surface area contributed by atoms with Gasteiger partial charge in [-0.2, -0.15) is 4.72 Å². The molecular formula is C25H25N3O4S. The summed E-state index contributed by atoms with van der Waals surface area (Å²) in [6.07, 6.45) is 3.43. The van der Waals surface area contributed by atoms with E-state index in [2.05, 4.69) is 9.71 Å². The van der Waals surface area contributed by atoms with Gasteiger partial charge >= 0.3 is 0 Å². The highest BCUT2D eigenvalue weighted by molar-refractivity contribution is 7.89. The summed E-state index contributed by atoms with van der Waals surface area (Å²) >= 11 is 0. The average Bonchev–Trinajstić information content (AvgIpc) is 3.25. The molecule has 0 aliphatic heterocycles. The SMILES string of the molecule is CCOc1ccc(Oc2ccc(S(=O)(=O)NC(c3ccccc3)c3nccn3C)cc2)cc1. The standard InChI is InChI=1S/C25H25N3O4S/c1-3-31-20-9-11-21(12-10-20)32-22-13-15-23(16-14-22)33(29,30)27-24(19-7-5-4-6-8-19)25-26-17-18-28(25)2/h4-18,24,27H,3H2,1-2H3. The molecule has 1 aromatic heterocycles. The Bertz CT molecular complexity index is 1290. The van der Waals surface area contributed by atoms with Crippen molar-refractivity contribution in [3.05, 3.63) is 103 Å². The number of aryl methyl sites for hydroxylation is 1. The lowest BCUT2D eigenvalue weighted by molar-refractivity contribution is 0.339. The van der Waals surface area contributed by atoms with E-state index < -0.39 is 16.1 Å². The monoisotopic (exact) mass is 463 g/mol. The van der Waals surface area contributed by atoms with E-state index in [4.69, 9.17) is 9.47 Å². The van der Waals surface area contributed by atoms with Gasteiger partial charge in [-0.05, 0) is 61.0 Å². The maximum atomic E-state index is 13.2. The van der Waals surface area contributed by atoms with Crippen molar-refractivity contribution in [1.29, 1.82) is 0 Å². The van der Waals surface area contributed by atoms with Crippen molar-refractivity contribution in [2.24, 2.45) is 7.05 Å². The normalized spacial score (nSPS) is 12.3. The Labute approximate surface area is 193 Å². The van der Waals surface area contributed by atoms with Gasteiger partial charge in [-0.15, -0.1) is 0 Å². The zero-order valence-corrected chi connectivity index (χ0v) is 19.2. The zero-order valence-electron chi connectivity index (χ0n) is 18.4. The summed E-state index contributed by atoms with van der Waals surface area (Å²) in [6.45, 7) is 2.52. The van der Waals surface area contributed by atoms with Gasteiger partial charge in [0.05, 0.1) is 11.5 Å². The van der Waals surface area contributed by atoms with Crippen LogP contribution in [0.5, 0.6) is 17.2 Å². The van der Waals surface area contributed by atoms with Gasteiger partial charge < -0.3 is 14.0 Å². The van der Waals surface area contributed by atoms with Crippen LogP contribution < -0.4 is 14.2 Å². The first-order chi connectivity index (χ1) is 16.0. The molecular weight excluding hydrogens is 438 g/mol. The molecule has 170 valence electrons. The lowest BCUT2D eigenvalue weighted by atomic mass is 10.1. The number of nitrogens with one attached hydrogen (secondary N) is 1. The number of imidazole rings is 1. The van der Waals surface area contributed by atoms with Gasteiger partial charge in [-0.25, -0.2) is 13.4 Å². The molecule has 0 saturated carbocycles. The second kappa shape index (κ2) is 9.89. The van der Waals surface area contributed by atoms with E-state index in [9.17, 15) is 8.42 Å². The summed E-state index contributed by atoms with van der Waals surface area (Å²) in [4.78, 5) is 4.49. The molecule has 7 nitrogen and oxygen atoms in total. The van der Waals surface area contributed by atoms with Gasteiger partial charge in [0, 0.05) is 19.4 Å². The Hall–Kier alpha value is -3.62. The predicted molar refractivity (Wildman–Crippen MR) is 126 cm³/mol. The second-order valence-electron chi connectivity index (χ2n) is 7.34. The Balaban J connectivity index is 1.53. The first-order valence-corrected chi connectivity index (χ1v) is 12.0. The first kappa shape index (κ1) is 22.6. The van der Waals surface area contributed by atoms with Crippen LogP contribution in [0, 0.1) is 0 Å². The first-order valence-electron chi connectivity index (χ1n) is 10.5. The molecule has 0 radical (unpaired) electrons. The van der Waals surface area contributed by atoms with Crippen molar-refractivity contribution >= 4 is 10.0 Å². The van der Waals surface area contributed by atoms with Crippen molar-refractivity contribution in [3.8, 4) is 17.2 Å². The molecule has 3 aromatic carbocycles. The highest BCUT2D eigenvalue weighted by Crippen LogP contribution is 2.27. The van der Waals surface area contributed by atoms with Crippen LogP contribution >= 0.6 is 0 Å². The fourth-order valence-electron chi connectivity index (χ4n) is 3.39. The van der Waals surface area contributed by atoms with Crippen molar-refractivity contribution < 1.29 is 17.9 Å². The van der Waals surface area contributed by atoms with Gasteiger partial charge in [-0.3, -0.25) is 0 Å². The molecule has 0 spiro atoms. The number of benzene rings is 3. The Kier molecular flexibility index (Phi) is 6.76. The van der Waals surface area contributed by atoms with E-state index in [1.165, 1.54) is 12.1 Å². The third kappa shape index (κ3) is 5.42. The van der Waals surface area contributed by atoms with Crippen molar-refractivity contribution in [3.63, 3.8) is 0 Å². The van der Waals surface area contributed by atoms with E-state index in [1.54, 1.807) is 41.2 Å². The summed E-state index contributed by atoms with van der Waals surface area (Å²) in [5.74, 6) is 2.52. The van der Waals surface area contributed by atoms with Crippen LogP contribution in [0.15, 0.2) is 96.2 Å². The molecule has 0 amide bonds. The molecule has 1 heterocycles. The molecule has 4 aromatic rings. The molecule has 1 N–H and O–H groups in total. The van der Waals surface area contributed by atoms with E-state index in [0.717, 1.165) is 11.3 Å². The van der Waals surface area contributed by atoms with Gasteiger partial charge in [0.2, 0.25) is 10.0 Å². The van der Waals surface area contributed by atoms with Crippen LogP contribution in [-0.2, 0) is 17.1 Å². The van der Waals surface area contributed by atoms with Gasteiger partial charge in [-0.1, -0.05) is 30.3 Å². The quantitative estimate of drug-likeness (QED) is 0.390. The summed E-state index contributed by atoms with van der Waals surface area (Å²) in [6, 6.07) is 22.3. The molecule has 0 fully saturated rings. The molecule has 1 unspecified atom stereocenters. The van der Waals surface area contributed by atoms with Gasteiger partial charge in [0.25, 0.3) is 0 Å². The van der Waals surface area contributed by atoms with Gasteiger partial charge in [0.1, 0.15) is 29.1 Å². The maximum Gasteiger partial charge on any atom is 0.241 e. The molecule has 33 heavy (non-hydrogen) atoms. The fraction of sp³-hybridized carbons (Fsp3) is 0.160. The van der Waals surface area contributed by atoms with Crippen molar-refractivity contribution in [1.82, 2.24) is 14.3 Å². The molecule has 8 heteroatoms. The molecule has 0 aliphatic carbocycles. The fourth-order valence-corrected chi connectivity index (χ4v) is 4.57. The van der Waals surface area contributed by atoms with Crippen LogP contribution in [0.1, 0.15) is 24.4 Å². The van der Waals surface area contributed by atoms with Crippen LogP contribution in [-0.4, -0.2) is 24.6 Å². The largest absolute Gasteiger partial charge is 0.494 e. The lowest BCUT2D eigenvalue weighted by Gasteiger charge is -2.19. The number of rotatable bonds is 9. The van der Waals surface area contributed by atoms with Crippen molar-refractivity contribution in [2.75, 3.05) is 6.61 Å². The molecule has 4 rings (SSSR count). The Morgan fingerprint density at radius 1 is 0.909 bits per heavy atom. The van der Waals surface area contributed by atoms with Crippen LogP contribution in [0.3, 0.4) is 0 Å². The minimum absolute atomic E-state index is 0.136. The summed E-state index contributed by atoms with van der Waals surface area (Å²) in [5, 5.41) is 0. The summed E-state index contributed by atoms with van der Waals surface area (Å²) < 4.78 is 42.2. The minimum atomic E-state index is -3.83. The number of hydrogen-bond donors (Lipinski definition) is 1. The van der Waals surface area contributed by atoms with Crippen LogP contribution in [0.4, 0.5) is 0 Å². The highest BCUT2D eigenvalue weighted by atomic mass is 32.2. The Morgan fingerprint density at radius 2 is 1.52 bits per heavy atom. The average molecular weight is 464 g/mol. The predicted octanol–water partition coefficient (Wildman–Crippen LogP) is 4.68. The second-order valence-corrected chi connectivity index (χ2v) is 9.05. The van der Waals surface area contributed by atoms with Crippen molar-refractivity contribution in [2.45, 2.75) is 17.9 Å². The lowest BCUT2D eigenvalue weighted by Crippen LogP contribution is -2.31. The van der Waals surface area contributed by atoms with E-state index in [-0.39, 0.29) is 4.90 Å². The number of ether oxygens (including phenoxy) is 2. The maximum absolute atomic E-state index is 13.2. The number of nitrogens with zero attached hydrogens (tertiary/aromatic N) is 2. The smallest absolute Gasteiger partial charge is 0.241 e. The minimum Gasteiger partial charge on any atom is -0.494 e. The van der Waals surface area contributed by atoms with E-state index >= 15 is 0 Å². The number of aromatic nitrogens is 2. The third-order valence-corrected chi connectivity index (χ3v) is 6.47. The topological polar surface area (TPSA) is 82.4 Å². The number of hydrogen-bond acceptors (Lipinski definition) is 5. The molecule has 0 saturated heterocycles. The molecule has 0 bridgehead atoms. The summed E-state index contributed by atoms with van der Waals surface area (Å²) in [5.41, 5.74) is 0.797. The van der Waals surface area contributed by atoms with E-state index in [0.29, 0.717) is 23.9 Å². The molecule has 1 atom stereocenters. The van der Waals surface area contributed by atoms with E-state index in [1.807, 2.05) is 56.4 Å². The molecule has 0 aliphatic rings. The van der Waals surface area contributed by atoms with Crippen LogP contribution in [0.2, 0.25) is 0 Å². The number of sulfonamides is 1. The summed E-state index contributed by atoms with van der Waals surface area (Å²) in [7, 11) is -1.99. The van der Waals surface area contributed by atoms with Crippen LogP contribution in [0.25, 0.3) is 0 Å².